The molecule has 1 aliphatic rings. The van der Waals surface area contributed by atoms with Crippen LogP contribution in [0.1, 0.15) is 32.6 Å². The van der Waals surface area contributed by atoms with Crippen LogP contribution in [0, 0.1) is 5.92 Å². The normalized spacial score (nSPS) is 25.9. The van der Waals surface area contributed by atoms with Crippen LogP contribution in [0.4, 0.5) is 0 Å². The Balaban J connectivity index is 1.59. The van der Waals surface area contributed by atoms with E-state index in [1.165, 1.54) is 25.7 Å². The second kappa shape index (κ2) is 5.31. The molecule has 15 heavy (non-hydrogen) atoms. The van der Waals surface area contributed by atoms with Crippen LogP contribution in [0.3, 0.4) is 0 Å². The minimum absolute atomic E-state index is 0.771. The van der Waals surface area contributed by atoms with E-state index >= 15 is 0 Å². The predicted octanol–water partition coefficient (Wildman–Crippen LogP) is 2.05. The number of nitrogens with one attached hydrogen (secondary N) is 1. The first-order valence-electron chi connectivity index (χ1n) is 6.05. The first-order valence-corrected chi connectivity index (χ1v) is 6.05. The molecule has 1 fully saturated rings. The molecule has 0 spiro atoms. The molecule has 0 aliphatic heterocycles. The Kier molecular flexibility index (Phi) is 3.78. The van der Waals surface area contributed by atoms with Crippen LogP contribution in [0.2, 0.25) is 0 Å². The van der Waals surface area contributed by atoms with Gasteiger partial charge >= 0.3 is 0 Å². The average molecular weight is 207 g/mol. The first kappa shape index (κ1) is 10.7. The molecule has 2 rings (SSSR count). The van der Waals surface area contributed by atoms with Crippen molar-refractivity contribution in [3.8, 4) is 0 Å². The number of hydrogen-bond acceptors (Lipinski definition) is 2. The predicted molar refractivity (Wildman–Crippen MR) is 61.6 cm³/mol. The number of aryl methyl sites for hydroxylation is 1. The van der Waals surface area contributed by atoms with Crippen molar-refractivity contribution in [1.29, 1.82) is 0 Å². The molecule has 1 aromatic heterocycles. The summed E-state index contributed by atoms with van der Waals surface area (Å²) in [4.78, 5) is 4.03. The lowest BCUT2D eigenvalue weighted by Crippen LogP contribution is -2.32. The number of hydrogen-bond donors (Lipinski definition) is 1. The third kappa shape index (κ3) is 3.06. The second-order valence-electron chi connectivity index (χ2n) is 4.62. The Labute approximate surface area is 91.9 Å². The molecule has 2 unspecified atom stereocenters. The zero-order valence-electron chi connectivity index (χ0n) is 9.52. The Morgan fingerprint density at radius 1 is 1.47 bits per heavy atom. The van der Waals surface area contributed by atoms with E-state index in [0.29, 0.717) is 0 Å². The van der Waals surface area contributed by atoms with E-state index < -0.39 is 0 Å². The molecule has 84 valence electrons. The van der Waals surface area contributed by atoms with E-state index in [1.807, 2.05) is 18.7 Å². The summed E-state index contributed by atoms with van der Waals surface area (Å²) in [5.74, 6) is 0.873. The van der Waals surface area contributed by atoms with Crippen molar-refractivity contribution in [1.82, 2.24) is 14.9 Å². The summed E-state index contributed by atoms with van der Waals surface area (Å²) in [5, 5.41) is 3.66. The highest BCUT2D eigenvalue weighted by atomic mass is 15.0. The van der Waals surface area contributed by atoms with Gasteiger partial charge in [-0.1, -0.05) is 13.3 Å². The van der Waals surface area contributed by atoms with Gasteiger partial charge in [-0.15, -0.1) is 0 Å². The van der Waals surface area contributed by atoms with E-state index in [0.717, 1.165) is 25.0 Å². The standard InChI is InChI=1S/C12H21N3/c1-11-4-2-5-12(11)14-6-3-8-15-9-7-13-10-15/h7,9-12,14H,2-6,8H2,1H3. The van der Waals surface area contributed by atoms with E-state index in [-0.39, 0.29) is 0 Å². The van der Waals surface area contributed by atoms with Gasteiger partial charge < -0.3 is 9.88 Å². The molecule has 0 bridgehead atoms. The van der Waals surface area contributed by atoms with Crippen molar-refractivity contribution in [2.45, 2.75) is 45.2 Å². The number of aromatic nitrogens is 2. The van der Waals surface area contributed by atoms with Crippen LogP contribution in [-0.4, -0.2) is 22.1 Å². The molecule has 0 amide bonds. The van der Waals surface area contributed by atoms with Gasteiger partial charge in [-0.3, -0.25) is 0 Å². The van der Waals surface area contributed by atoms with Crippen LogP contribution in [0.25, 0.3) is 0 Å². The van der Waals surface area contributed by atoms with Gasteiger partial charge in [0, 0.05) is 25.0 Å². The third-order valence-corrected chi connectivity index (χ3v) is 3.42. The molecule has 0 saturated heterocycles. The van der Waals surface area contributed by atoms with Crippen LogP contribution >= 0.6 is 0 Å². The maximum atomic E-state index is 4.03. The molecular formula is C12H21N3. The molecular weight excluding hydrogens is 186 g/mol. The summed E-state index contributed by atoms with van der Waals surface area (Å²) in [6.45, 7) is 4.57. The SMILES string of the molecule is CC1CCCC1NCCCn1ccnc1. The third-order valence-electron chi connectivity index (χ3n) is 3.42. The summed E-state index contributed by atoms with van der Waals surface area (Å²) in [5.41, 5.74) is 0. The van der Waals surface area contributed by atoms with Crippen LogP contribution in [0.15, 0.2) is 18.7 Å². The van der Waals surface area contributed by atoms with Gasteiger partial charge in [-0.2, -0.15) is 0 Å². The summed E-state index contributed by atoms with van der Waals surface area (Å²) in [7, 11) is 0. The topological polar surface area (TPSA) is 29.9 Å². The van der Waals surface area contributed by atoms with Gasteiger partial charge in [-0.05, 0) is 31.7 Å². The Morgan fingerprint density at radius 3 is 3.07 bits per heavy atom. The Hall–Kier alpha value is -0.830. The largest absolute Gasteiger partial charge is 0.337 e. The lowest BCUT2D eigenvalue weighted by Gasteiger charge is -2.17. The highest BCUT2D eigenvalue weighted by molar-refractivity contribution is 4.80. The number of rotatable bonds is 5. The summed E-state index contributed by atoms with van der Waals surface area (Å²) >= 11 is 0. The quantitative estimate of drug-likeness (QED) is 0.749. The second-order valence-corrected chi connectivity index (χ2v) is 4.62. The fourth-order valence-electron chi connectivity index (χ4n) is 2.42. The molecule has 1 N–H and O–H groups in total. The van der Waals surface area contributed by atoms with E-state index in [1.54, 1.807) is 0 Å². The minimum Gasteiger partial charge on any atom is -0.337 e. The van der Waals surface area contributed by atoms with Gasteiger partial charge in [0.2, 0.25) is 0 Å². The number of imidazole rings is 1. The van der Waals surface area contributed by atoms with Gasteiger partial charge in [0.05, 0.1) is 6.33 Å². The Morgan fingerprint density at radius 2 is 2.40 bits per heavy atom. The molecule has 1 saturated carbocycles. The lowest BCUT2D eigenvalue weighted by atomic mass is 10.1. The maximum Gasteiger partial charge on any atom is 0.0945 e. The monoisotopic (exact) mass is 207 g/mol. The van der Waals surface area contributed by atoms with E-state index in [9.17, 15) is 0 Å². The van der Waals surface area contributed by atoms with E-state index in [2.05, 4.69) is 21.8 Å². The van der Waals surface area contributed by atoms with Crippen molar-refractivity contribution in [3.63, 3.8) is 0 Å². The van der Waals surface area contributed by atoms with Crippen molar-refractivity contribution in [2.24, 2.45) is 5.92 Å². The van der Waals surface area contributed by atoms with Gasteiger partial charge in [-0.25, -0.2) is 4.98 Å². The van der Waals surface area contributed by atoms with Crippen LogP contribution < -0.4 is 5.32 Å². The summed E-state index contributed by atoms with van der Waals surface area (Å²) in [6.07, 6.45) is 11.1. The zero-order chi connectivity index (χ0) is 10.5. The first-order chi connectivity index (χ1) is 7.36. The van der Waals surface area contributed by atoms with Gasteiger partial charge in [0.15, 0.2) is 0 Å². The Bertz CT molecular complexity index is 268. The highest BCUT2D eigenvalue weighted by Gasteiger charge is 2.21. The molecule has 0 aromatic carbocycles. The average Bonchev–Trinajstić information content (AvgIpc) is 2.85. The fraction of sp³-hybridized carbons (Fsp3) is 0.750. The molecule has 2 atom stereocenters. The summed E-state index contributed by atoms with van der Waals surface area (Å²) < 4.78 is 2.14. The fourth-order valence-corrected chi connectivity index (χ4v) is 2.42. The van der Waals surface area contributed by atoms with Crippen molar-refractivity contribution >= 4 is 0 Å². The van der Waals surface area contributed by atoms with Crippen molar-refractivity contribution < 1.29 is 0 Å². The number of nitrogens with zero attached hydrogens (tertiary/aromatic N) is 2. The van der Waals surface area contributed by atoms with Gasteiger partial charge in [0.25, 0.3) is 0 Å². The lowest BCUT2D eigenvalue weighted by molar-refractivity contribution is 0.417. The maximum absolute atomic E-state index is 4.03. The molecule has 1 aliphatic carbocycles. The van der Waals surface area contributed by atoms with Crippen LogP contribution in [-0.2, 0) is 6.54 Å². The zero-order valence-corrected chi connectivity index (χ0v) is 9.52. The molecule has 0 radical (unpaired) electrons. The molecule has 3 nitrogen and oxygen atoms in total. The summed E-state index contributed by atoms with van der Waals surface area (Å²) in [6, 6.07) is 0.771. The molecule has 3 heteroatoms. The smallest absolute Gasteiger partial charge is 0.0945 e. The minimum atomic E-state index is 0.771. The molecule has 1 heterocycles. The van der Waals surface area contributed by atoms with Crippen LogP contribution in [0.5, 0.6) is 0 Å². The van der Waals surface area contributed by atoms with Crippen molar-refractivity contribution in [3.05, 3.63) is 18.7 Å². The molecule has 1 aromatic rings. The van der Waals surface area contributed by atoms with Gasteiger partial charge in [0.1, 0.15) is 0 Å². The van der Waals surface area contributed by atoms with Crippen molar-refractivity contribution in [2.75, 3.05) is 6.54 Å². The highest BCUT2D eigenvalue weighted by Crippen LogP contribution is 2.24. The van der Waals surface area contributed by atoms with E-state index in [4.69, 9.17) is 0 Å².